The van der Waals surface area contributed by atoms with E-state index in [2.05, 4.69) is 87.8 Å². The molecule has 0 nitrogen and oxygen atoms in total. The van der Waals surface area contributed by atoms with Crippen LogP contribution in [-0.2, 0) is 0 Å². The fraction of sp³-hybridized carbons (Fsp3) is 0.375. The van der Waals surface area contributed by atoms with Gasteiger partial charge >= 0.3 is 0 Å². The second kappa shape index (κ2) is 5.85. The molecule has 0 unspecified atom stereocenters. The summed E-state index contributed by atoms with van der Waals surface area (Å²) in [5.41, 5.74) is 1.28. The Balaban J connectivity index is 2.96. The third kappa shape index (κ3) is 4.79. The van der Waals surface area contributed by atoms with E-state index < -0.39 is 16.1 Å². The number of benzene rings is 1. The molecule has 0 N–H and O–H groups in total. The molecular weight excluding hydrogens is 248 g/mol. The molecule has 1 aromatic rings. The number of allylic oxidation sites excluding steroid dienone is 2. The molecule has 1 aromatic carbocycles. The van der Waals surface area contributed by atoms with Gasteiger partial charge in [0.05, 0.1) is 16.1 Å². The molecule has 0 aromatic heterocycles. The Morgan fingerprint density at radius 3 is 1.78 bits per heavy atom. The normalized spacial score (nSPS) is 12.8. The van der Waals surface area contributed by atoms with E-state index in [0.29, 0.717) is 0 Å². The van der Waals surface area contributed by atoms with Gasteiger partial charge in [-0.1, -0.05) is 92.7 Å². The highest BCUT2D eigenvalue weighted by Gasteiger charge is 2.29. The molecule has 18 heavy (non-hydrogen) atoms. The minimum Gasteiger partial charge on any atom is -0.0912 e. The average Bonchev–Trinajstić information content (AvgIpc) is 2.22. The van der Waals surface area contributed by atoms with Gasteiger partial charge in [-0.05, 0) is 5.56 Å². The second-order valence-electron chi connectivity index (χ2n) is 6.85. The van der Waals surface area contributed by atoms with Crippen LogP contribution < -0.4 is 0 Å². The van der Waals surface area contributed by atoms with Crippen LogP contribution in [0.4, 0.5) is 0 Å². The number of hydrogen-bond acceptors (Lipinski definition) is 0. The first kappa shape index (κ1) is 15.2. The van der Waals surface area contributed by atoms with E-state index in [1.54, 1.807) is 4.82 Å². The van der Waals surface area contributed by atoms with Crippen molar-refractivity contribution in [1.82, 2.24) is 0 Å². The van der Waals surface area contributed by atoms with Crippen LogP contribution in [0, 0.1) is 0 Å². The Labute approximate surface area is 114 Å². The summed E-state index contributed by atoms with van der Waals surface area (Å²) < 4.78 is 0. The van der Waals surface area contributed by atoms with Crippen LogP contribution in [0.3, 0.4) is 0 Å². The van der Waals surface area contributed by atoms with E-state index in [4.69, 9.17) is 0 Å². The zero-order chi connectivity index (χ0) is 13.8. The molecule has 0 spiro atoms. The minimum atomic E-state index is -1.19. The van der Waals surface area contributed by atoms with E-state index >= 15 is 0 Å². The lowest BCUT2D eigenvalue weighted by Crippen LogP contribution is -2.39. The smallest absolute Gasteiger partial charge is 0.0682 e. The molecule has 0 saturated heterocycles. The third-order valence-corrected chi connectivity index (χ3v) is 11.0. The first-order valence-corrected chi connectivity index (χ1v) is 13.7. The van der Waals surface area contributed by atoms with E-state index in [9.17, 15) is 0 Å². The molecule has 0 aliphatic rings. The van der Waals surface area contributed by atoms with Crippen LogP contribution in [0.25, 0.3) is 6.08 Å². The Bertz CT molecular complexity index is 412. The molecule has 0 fully saturated rings. The molecule has 0 saturated carbocycles. The molecule has 2 heteroatoms. The average molecular weight is 275 g/mol. The van der Waals surface area contributed by atoms with Gasteiger partial charge in [0.15, 0.2) is 0 Å². The van der Waals surface area contributed by atoms with Crippen molar-refractivity contribution in [3.05, 3.63) is 52.9 Å². The predicted octanol–water partition coefficient (Wildman–Crippen LogP) is 5.38. The van der Waals surface area contributed by atoms with Crippen LogP contribution in [0.1, 0.15) is 5.56 Å². The maximum atomic E-state index is 2.45. The van der Waals surface area contributed by atoms with E-state index in [1.807, 2.05) is 0 Å². The fourth-order valence-electron chi connectivity index (χ4n) is 2.44. The van der Waals surface area contributed by atoms with E-state index in [1.165, 1.54) is 5.56 Å². The summed E-state index contributed by atoms with van der Waals surface area (Å²) >= 11 is 0. The van der Waals surface area contributed by atoms with Crippen molar-refractivity contribution in [1.29, 1.82) is 0 Å². The van der Waals surface area contributed by atoms with Gasteiger partial charge < -0.3 is 0 Å². The van der Waals surface area contributed by atoms with Crippen LogP contribution in [0.5, 0.6) is 0 Å². The largest absolute Gasteiger partial charge is 0.0912 e. The van der Waals surface area contributed by atoms with Crippen molar-refractivity contribution < 1.29 is 0 Å². The van der Waals surface area contributed by atoms with Crippen molar-refractivity contribution in [3.63, 3.8) is 0 Å². The first-order valence-electron chi connectivity index (χ1n) is 6.65. The van der Waals surface area contributed by atoms with Gasteiger partial charge in [0.1, 0.15) is 0 Å². The molecule has 1 rings (SSSR count). The summed E-state index contributed by atoms with van der Waals surface area (Å²) in [5.74, 6) is 0. The number of rotatable bonds is 4. The molecule has 0 bridgehead atoms. The third-order valence-electron chi connectivity index (χ3n) is 2.97. The van der Waals surface area contributed by atoms with Crippen molar-refractivity contribution in [2.24, 2.45) is 0 Å². The Morgan fingerprint density at radius 2 is 1.33 bits per heavy atom. The Hall–Kier alpha value is -0.866. The van der Waals surface area contributed by atoms with Gasteiger partial charge in [0.25, 0.3) is 0 Å². The monoisotopic (exact) mass is 274 g/mol. The van der Waals surface area contributed by atoms with E-state index in [0.717, 1.165) is 0 Å². The van der Waals surface area contributed by atoms with Gasteiger partial charge in [0, 0.05) is 0 Å². The molecule has 0 aliphatic heterocycles. The molecular formula is C16H26Si2. The van der Waals surface area contributed by atoms with Gasteiger partial charge in [0.2, 0.25) is 0 Å². The van der Waals surface area contributed by atoms with Gasteiger partial charge in [-0.3, -0.25) is 0 Å². The highest BCUT2D eigenvalue weighted by molar-refractivity contribution is 7.04. The Kier molecular flexibility index (Phi) is 4.94. The minimum absolute atomic E-state index is 1.19. The van der Waals surface area contributed by atoms with E-state index in [-0.39, 0.29) is 0 Å². The maximum Gasteiger partial charge on any atom is 0.0682 e. The van der Waals surface area contributed by atoms with Gasteiger partial charge in [-0.25, -0.2) is 0 Å². The molecule has 0 amide bonds. The predicted molar refractivity (Wildman–Crippen MR) is 90.3 cm³/mol. The summed E-state index contributed by atoms with van der Waals surface area (Å²) in [6.45, 7) is 14.7. The van der Waals surface area contributed by atoms with Gasteiger partial charge in [-0.15, -0.1) is 0 Å². The zero-order valence-corrected chi connectivity index (χ0v) is 14.6. The molecule has 0 aliphatic carbocycles. The van der Waals surface area contributed by atoms with Crippen molar-refractivity contribution in [3.8, 4) is 0 Å². The lowest BCUT2D eigenvalue weighted by atomic mass is 10.2. The highest BCUT2D eigenvalue weighted by atomic mass is 28.4. The number of hydrogen-bond donors (Lipinski definition) is 0. The summed E-state index contributed by atoms with van der Waals surface area (Å²) in [6, 6.07) is 10.5. The lowest BCUT2D eigenvalue weighted by Gasteiger charge is -2.31. The van der Waals surface area contributed by atoms with Crippen molar-refractivity contribution in [2.45, 2.75) is 39.3 Å². The SMILES string of the molecule is C[Si](C)(C)C(=C/C=C/c1ccccc1)[Si](C)(C)C. The fourth-order valence-corrected chi connectivity index (χ4v) is 12.6. The summed E-state index contributed by atoms with van der Waals surface area (Å²) in [7, 11) is -2.38. The topological polar surface area (TPSA) is 0 Å². The molecule has 0 atom stereocenters. The zero-order valence-electron chi connectivity index (χ0n) is 12.6. The van der Waals surface area contributed by atoms with Crippen molar-refractivity contribution in [2.75, 3.05) is 0 Å². The lowest BCUT2D eigenvalue weighted by molar-refractivity contribution is 1.62. The van der Waals surface area contributed by atoms with Gasteiger partial charge in [-0.2, -0.15) is 0 Å². The first-order chi connectivity index (χ1) is 8.21. The standard InChI is InChI=1S/C16H26Si2/c1-17(2,3)16(18(4,5)6)14-10-13-15-11-8-7-9-12-15/h7-14H,1-6H3/b13-10+. The summed E-state index contributed by atoms with van der Waals surface area (Å²) in [6.07, 6.45) is 6.84. The molecule has 0 radical (unpaired) electrons. The van der Waals surface area contributed by atoms with Crippen LogP contribution in [-0.4, -0.2) is 16.1 Å². The quantitative estimate of drug-likeness (QED) is 0.511. The Morgan fingerprint density at radius 1 is 0.833 bits per heavy atom. The van der Waals surface area contributed by atoms with Crippen LogP contribution in [0.2, 0.25) is 39.3 Å². The molecule has 0 heterocycles. The summed E-state index contributed by atoms with van der Waals surface area (Å²) in [5, 5.41) is 0. The van der Waals surface area contributed by atoms with Crippen LogP contribution in [0.15, 0.2) is 47.3 Å². The summed E-state index contributed by atoms with van der Waals surface area (Å²) in [4.78, 5) is 1.75. The maximum absolute atomic E-state index is 2.45. The highest BCUT2D eigenvalue weighted by Crippen LogP contribution is 2.25. The van der Waals surface area contributed by atoms with Crippen molar-refractivity contribution >= 4 is 22.2 Å². The second-order valence-corrected chi connectivity index (χ2v) is 17.4. The van der Waals surface area contributed by atoms with Crippen LogP contribution >= 0.6 is 0 Å². The molecule has 98 valence electrons.